The summed E-state index contributed by atoms with van der Waals surface area (Å²) >= 11 is 2.91. The average Bonchev–Trinajstić information content (AvgIpc) is 3.18. The van der Waals surface area contributed by atoms with E-state index in [4.69, 9.17) is 0 Å². The van der Waals surface area contributed by atoms with Gasteiger partial charge in [-0.2, -0.15) is 0 Å². The topological polar surface area (TPSA) is 117 Å². The predicted molar refractivity (Wildman–Crippen MR) is 113 cm³/mol. The summed E-state index contributed by atoms with van der Waals surface area (Å²) in [5, 5.41) is 24.5. The number of hydrogen-bond donors (Lipinski definition) is 1. The Labute approximate surface area is 216 Å². The van der Waals surface area contributed by atoms with Gasteiger partial charge in [0.1, 0.15) is 5.69 Å². The molecule has 5 heterocycles. The summed E-state index contributed by atoms with van der Waals surface area (Å²) in [6, 6.07) is -0.326. The molecule has 1 aromatic heterocycles. The van der Waals surface area contributed by atoms with Crippen molar-refractivity contribution in [3.8, 4) is 0 Å². The zero-order chi connectivity index (χ0) is 22.0. The van der Waals surface area contributed by atoms with E-state index >= 15 is 0 Å². The second-order valence-electron chi connectivity index (χ2n) is 8.56. The third-order valence-corrected chi connectivity index (χ3v) is 8.92. The number of aromatic nitrogens is 1. The van der Waals surface area contributed by atoms with Gasteiger partial charge in [-0.1, -0.05) is 6.92 Å². The van der Waals surface area contributed by atoms with E-state index in [9.17, 15) is 24.6 Å². The largest absolute Gasteiger partial charge is 1.00 e. The zero-order valence-corrected chi connectivity index (χ0v) is 21.8. The molecule has 9 nitrogen and oxygen atoms in total. The van der Waals surface area contributed by atoms with Gasteiger partial charge in [0.25, 0.3) is 5.91 Å². The Hall–Kier alpha value is -1.11. The molecule has 0 aliphatic carbocycles. The molecule has 0 saturated carbocycles. The number of thioether (sulfide) groups is 1. The van der Waals surface area contributed by atoms with Crippen molar-refractivity contribution in [3.05, 3.63) is 21.7 Å². The van der Waals surface area contributed by atoms with Crippen LogP contribution in [0.1, 0.15) is 30.8 Å². The number of carbonyl (C=O) groups excluding carboxylic acids is 3. The first-order valence-electron chi connectivity index (χ1n) is 10.4. The molecule has 3 fully saturated rings. The van der Waals surface area contributed by atoms with E-state index in [2.05, 4.69) is 9.88 Å². The Balaban J connectivity index is 0.00000245. The summed E-state index contributed by atoms with van der Waals surface area (Å²) in [7, 11) is 0. The van der Waals surface area contributed by atoms with E-state index in [-0.39, 0.29) is 64.3 Å². The molecule has 4 aliphatic heterocycles. The number of fused-ring (bicyclic) bond motifs is 1. The Kier molecular flexibility index (Phi) is 6.70. The molecular weight excluding hydrogens is 463 g/mol. The van der Waals surface area contributed by atoms with Crippen molar-refractivity contribution in [3.63, 3.8) is 0 Å². The molecule has 1 N–H and O–H groups in total. The first-order chi connectivity index (χ1) is 14.8. The summed E-state index contributed by atoms with van der Waals surface area (Å²) in [4.78, 5) is 46.8. The van der Waals surface area contributed by atoms with Crippen LogP contribution in [0, 0.1) is 11.8 Å². The van der Waals surface area contributed by atoms with Crippen molar-refractivity contribution in [1.82, 2.24) is 14.8 Å². The molecular formula is C20H23N4NaO5S2. The first kappa shape index (κ1) is 24.0. The number of nitrogens with zero attached hydrogens (tertiary/aromatic N) is 4. The molecule has 12 heteroatoms. The van der Waals surface area contributed by atoms with Crippen LogP contribution in [0.15, 0.2) is 16.0 Å². The van der Waals surface area contributed by atoms with Gasteiger partial charge in [0.15, 0.2) is 5.13 Å². The van der Waals surface area contributed by atoms with Gasteiger partial charge >= 0.3 is 29.6 Å². The van der Waals surface area contributed by atoms with Gasteiger partial charge in [0, 0.05) is 47.6 Å². The maximum absolute atomic E-state index is 12.4. The number of rotatable bonds is 6. The Morgan fingerprint density at radius 1 is 1.34 bits per heavy atom. The van der Waals surface area contributed by atoms with E-state index in [1.165, 1.54) is 28.0 Å². The number of thiazole rings is 1. The number of aliphatic carboxylic acids is 1. The molecule has 166 valence electrons. The van der Waals surface area contributed by atoms with Crippen LogP contribution in [0.3, 0.4) is 0 Å². The third kappa shape index (κ3) is 3.70. The van der Waals surface area contributed by atoms with Crippen molar-refractivity contribution in [2.75, 3.05) is 31.1 Å². The summed E-state index contributed by atoms with van der Waals surface area (Å²) in [5.74, 6) is -2.45. The maximum Gasteiger partial charge on any atom is 1.00 e. The van der Waals surface area contributed by atoms with Crippen molar-refractivity contribution in [2.45, 2.75) is 37.7 Å². The maximum atomic E-state index is 12.4. The summed E-state index contributed by atoms with van der Waals surface area (Å²) in [6.45, 7) is 6.42. The Bertz CT molecular complexity index is 988. The second kappa shape index (κ2) is 8.92. The molecule has 4 aliphatic rings. The fourth-order valence-electron chi connectivity index (χ4n) is 4.71. The standard InChI is InChI=1S/C20H24N4O5S2.Na/c1-9-14-13(10(2)25)18(27)24(14)15(19(28)29)16(9)31-11-6-23(7-11)20-21-12(8-30-20)17(26)22-4-3-5-22;/h8-11,13-14,25H,3-7H2,1-2H3,(H,28,29);/q;+1/p-1/t9-,10-,13-,14-;/m1./s1. The molecule has 0 spiro atoms. The number of β-lactam (4-membered cyclic amide) rings is 1. The second-order valence-corrected chi connectivity index (χ2v) is 10.7. The van der Waals surface area contributed by atoms with Crippen molar-refractivity contribution < 1.29 is 54.2 Å². The molecule has 0 bridgehead atoms. The average molecular weight is 487 g/mol. The fourth-order valence-corrected chi connectivity index (χ4v) is 7.04. The minimum absolute atomic E-state index is 0. The number of aliphatic hydroxyl groups is 1. The van der Waals surface area contributed by atoms with Gasteiger partial charge in [-0.05, 0) is 13.3 Å². The van der Waals surface area contributed by atoms with E-state index < -0.39 is 18.0 Å². The number of carbonyl (C=O) groups is 3. The van der Waals surface area contributed by atoms with Crippen LogP contribution in [0.2, 0.25) is 0 Å². The molecule has 5 rings (SSSR count). The number of anilines is 1. The predicted octanol–water partition coefficient (Wildman–Crippen LogP) is -3.27. The van der Waals surface area contributed by atoms with E-state index in [1.807, 2.05) is 6.92 Å². The van der Waals surface area contributed by atoms with Gasteiger partial charge in [-0.15, -0.1) is 23.1 Å². The van der Waals surface area contributed by atoms with Crippen LogP contribution < -0.4 is 39.6 Å². The molecule has 1 aromatic rings. The van der Waals surface area contributed by atoms with Gasteiger partial charge < -0.3 is 29.7 Å². The number of likely N-dealkylation sites (tertiary alicyclic amines) is 1. The summed E-state index contributed by atoms with van der Waals surface area (Å²) in [5.41, 5.74) is 0.439. The first-order valence-corrected chi connectivity index (χ1v) is 12.2. The number of carboxylic acids is 1. The Morgan fingerprint density at radius 2 is 2.03 bits per heavy atom. The number of aliphatic hydroxyl groups excluding tert-OH is 1. The van der Waals surface area contributed by atoms with E-state index in [1.54, 1.807) is 17.2 Å². The molecule has 0 aromatic carbocycles. The molecule has 0 unspecified atom stereocenters. The van der Waals surface area contributed by atoms with Crippen LogP contribution in [0.5, 0.6) is 0 Å². The van der Waals surface area contributed by atoms with Crippen LogP contribution in [-0.4, -0.2) is 81.2 Å². The van der Waals surface area contributed by atoms with Gasteiger partial charge in [0.05, 0.1) is 29.7 Å². The quantitative estimate of drug-likeness (QED) is 0.329. The molecule has 32 heavy (non-hydrogen) atoms. The van der Waals surface area contributed by atoms with E-state index in [0.717, 1.165) is 24.6 Å². The minimum atomic E-state index is -1.35. The summed E-state index contributed by atoms with van der Waals surface area (Å²) < 4.78 is 0. The third-order valence-electron chi connectivity index (χ3n) is 6.57. The number of amides is 2. The zero-order valence-electron chi connectivity index (χ0n) is 18.2. The van der Waals surface area contributed by atoms with Crippen LogP contribution in [0.4, 0.5) is 5.13 Å². The van der Waals surface area contributed by atoms with Crippen LogP contribution >= 0.6 is 23.1 Å². The van der Waals surface area contributed by atoms with Crippen molar-refractivity contribution in [1.29, 1.82) is 0 Å². The van der Waals surface area contributed by atoms with E-state index in [0.29, 0.717) is 23.7 Å². The normalized spacial score (nSPS) is 27.9. The fraction of sp³-hybridized carbons (Fsp3) is 0.600. The van der Waals surface area contributed by atoms with Crippen LogP contribution in [-0.2, 0) is 9.59 Å². The van der Waals surface area contributed by atoms with Crippen molar-refractivity contribution in [2.24, 2.45) is 11.8 Å². The molecule has 3 saturated heterocycles. The van der Waals surface area contributed by atoms with Gasteiger partial charge in [0.2, 0.25) is 5.91 Å². The smallest absolute Gasteiger partial charge is 0.543 e. The minimum Gasteiger partial charge on any atom is -0.543 e. The molecule has 2 amide bonds. The van der Waals surface area contributed by atoms with Gasteiger partial charge in [-0.25, -0.2) is 4.98 Å². The number of carboxylic acid groups (broad SMARTS) is 1. The molecule has 0 radical (unpaired) electrons. The number of hydrogen-bond acceptors (Lipinski definition) is 9. The van der Waals surface area contributed by atoms with Crippen molar-refractivity contribution >= 4 is 46.0 Å². The van der Waals surface area contributed by atoms with Gasteiger partial charge in [-0.3, -0.25) is 9.59 Å². The van der Waals surface area contributed by atoms with Crippen LogP contribution in [0.25, 0.3) is 0 Å². The SMILES string of the molecule is C[C@@H](O)[C@H]1C(=O)N2C(C(=O)[O-])=C(SC3CN(c4nc(C(=O)N5CCC5)cs4)C3)[C@H](C)[C@H]12.[Na+]. The molecule has 4 atom stereocenters. The summed E-state index contributed by atoms with van der Waals surface area (Å²) in [6.07, 6.45) is 0.221. The monoisotopic (exact) mass is 486 g/mol. The Morgan fingerprint density at radius 3 is 2.59 bits per heavy atom.